The van der Waals surface area contributed by atoms with Gasteiger partial charge in [-0.15, -0.1) is 0 Å². The van der Waals surface area contributed by atoms with Gasteiger partial charge in [0.15, 0.2) is 0 Å². The molecule has 2 aromatic rings. The SMILES string of the molecule is COc1ccc(C)cc1Cn1nc(C)cc1C#N. The van der Waals surface area contributed by atoms with E-state index >= 15 is 0 Å². The fraction of sp³-hybridized carbons (Fsp3) is 0.286. The van der Waals surface area contributed by atoms with E-state index in [1.807, 2.05) is 26.0 Å². The van der Waals surface area contributed by atoms with Crippen LogP contribution in [0.1, 0.15) is 22.5 Å². The van der Waals surface area contributed by atoms with Gasteiger partial charge >= 0.3 is 0 Å². The molecule has 18 heavy (non-hydrogen) atoms. The second kappa shape index (κ2) is 4.92. The number of aryl methyl sites for hydroxylation is 2. The summed E-state index contributed by atoms with van der Waals surface area (Å²) in [6.07, 6.45) is 0. The molecular formula is C14H15N3O. The molecule has 4 nitrogen and oxygen atoms in total. The lowest BCUT2D eigenvalue weighted by Crippen LogP contribution is -2.06. The third-order valence-corrected chi connectivity index (χ3v) is 2.77. The third-order valence-electron chi connectivity index (χ3n) is 2.77. The first-order valence-electron chi connectivity index (χ1n) is 5.72. The van der Waals surface area contributed by atoms with E-state index in [9.17, 15) is 0 Å². The highest BCUT2D eigenvalue weighted by molar-refractivity contribution is 5.37. The van der Waals surface area contributed by atoms with E-state index in [0.717, 1.165) is 22.6 Å². The Bertz CT molecular complexity index is 608. The lowest BCUT2D eigenvalue weighted by Gasteiger charge is -2.10. The zero-order chi connectivity index (χ0) is 13.1. The summed E-state index contributed by atoms with van der Waals surface area (Å²) in [5.41, 5.74) is 3.60. The third kappa shape index (κ3) is 2.35. The van der Waals surface area contributed by atoms with Gasteiger partial charge in [-0.1, -0.05) is 17.7 Å². The molecule has 0 saturated heterocycles. The van der Waals surface area contributed by atoms with E-state index in [2.05, 4.69) is 17.2 Å². The van der Waals surface area contributed by atoms with Crippen LogP contribution in [0.5, 0.6) is 5.75 Å². The summed E-state index contributed by atoms with van der Waals surface area (Å²) in [6, 6.07) is 9.92. The predicted octanol–water partition coefficient (Wildman–Crippen LogP) is 2.43. The standard InChI is InChI=1S/C14H15N3O/c1-10-4-5-14(18-3)12(6-10)9-17-13(8-15)7-11(2)16-17/h4-7H,9H2,1-3H3. The number of nitrogens with zero attached hydrogens (tertiary/aromatic N) is 3. The van der Waals surface area contributed by atoms with Crippen LogP contribution in [0.3, 0.4) is 0 Å². The normalized spacial score (nSPS) is 10.1. The van der Waals surface area contributed by atoms with Gasteiger partial charge in [-0.2, -0.15) is 10.4 Å². The molecule has 0 fully saturated rings. The Hall–Kier alpha value is -2.28. The van der Waals surface area contributed by atoms with Crippen LogP contribution in [0.4, 0.5) is 0 Å². The molecule has 92 valence electrons. The maximum atomic E-state index is 9.05. The topological polar surface area (TPSA) is 50.8 Å². The van der Waals surface area contributed by atoms with Crippen molar-refractivity contribution in [1.82, 2.24) is 9.78 Å². The van der Waals surface area contributed by atoms with Crippen molar-refractivity contribution >= 4 is 0 Å². The number of rotatable bonds is 3. The summed E-state index contributed by atoms with van der Waals surface area (Å²) in [4.78, 5) is 0. The minimum Gasteiger partial charge on any atom is -0.496 e. The Balaban J connectivity index is 2.39. The molecule has 0 atom stereocenters. The van der Waals surface area contributed by atoms with Crippen LogP contribution in [0.15, 0.2) is 24.3 Å². The molecule has 0 unspecified atom stereocenters. The van der Waals surface area contributed by atoms with Crippen LogP contribution in [-0.2, 0) is 6.54 Å². The molecule has 2 rings (SSSR count). The molecule has 0 bridgehead atoms. The predicted molar refractivity (Wildman–Crippen MR) is 68.5 cm³/mol. The van der Waals surface area contributed by atoms with Gasteiger partial charge in [0.25, 0.3) is 0 Å². The number of methoxy groups -OCH3 is 1. The summed E-state index contributed by atoms with van der Waals surface area (Å²) in [5, 5.41) is 13.4. The van der Waals surface area contributed by atoms with Crippen molar-refractivity contribution < 1.29 is 4.74 Å². The number of hydrogen-bond donors (Lipinski definition) is 0. The molecule has 0 N–H and O–H groups in total. The largest absolute Gasteiger partial charge is 0.496 e. The van der Waals surface area contributed by atoms with E-state index in [1.165, 1.54) is 0 Å². The number of hydrogen-bond acceptors (Lipinski definition) is 3. The molecule has 0 aliphatic rings. The highest BCUT2D eigenvalue weighted by atomic mass is 16.5. The minimum atomic E-state index is 0.543. The Morgan fingerprint density at radius 3 is 2.78 bits per heavy atom. The molecule has 1 heterocycles. The maximum Gasteiger partial charge on any atom is 0.139 e. The summed E-state index contributed by atoms with van der Waals surface area (Å²) in [6.45, 7) is 4.45. The molecule has 4 heteroatoms. The summed E-state index contributed by atoms with van der Waals surface area (Å²) in [7, 11) is 1.65. The van der Waals surface area contributed by atoms with E-state index in [1.54, 1.807) is 17.9 Å². The van der Waals surface area contributed by atoms with Gasteiger partial charge in [0.1, 0.15) is 17.5 Å². The average molecular weight is 241 g/mol. The van der Waals surface area contributed by atoms with Gasteiger partial charge in [-0.05, 0) is 26.0 Å². The van der Waals surface area contributed by atoms with Gasteiger partial charge in [-0.25, -0.2) is 0 Å². The van der Waals surface area contributed by atoms with Gasteiger partial charge in [0, 0.05) is 5.56 Å². The van der Waals surface area contributed by atoms with Crippen LogP contribution >= 0.6 is 0 Å². The quantitative estimate of drug-likeness (QED) is 0.829. The molecule has 0 aliphatic heterocycles. The Kier molecular flexibility index (Phi) is 3.33. The van der Waals surface area contributed by atoms with Crippen molar-refractivity contribution in [3.8, 4) is 11.8 Å². The number of nitriles is 1. The minimum absolute atomic E-state index is 0.543. The molecule has 0 saturated carbocycles. The number of ether oxygens (including phenoxy) is 1. The van der Waals surface area contributed by atoms with Gasteiger partial charge in [0.05, 0.1) is 19.3 Å². The number of aromatic nitrogens is 2. The molecule has 0 radical (unpaired) electrons. The Morgan fingerprint density at radius 1 is 1.33 bits per heavy atom. The molecule has 1 aromatic heterocycles. The van der Waals surface area contributed by atoms with Gasteiger partial charge < -0.3 is 4.74 Å². The van der Waals surface area contributed by atoms with Crippen LogP contribution in [0.2, 0.25) is 0 Å². The highest BCUT2D eigenvalue weighted by Gasteiger charge is 2.09. The van der Waals surface area contributed by atoms with Crippen molar-refractivity contribution in [2.75, 3.05) is 7.11 Å². The lowest BCUT2D eigenvalue weighted by molar-refractivity contribution is 0.407. The first kappa shape index (κ1) is 12.2. The summed E-state index contributed by atoms with van der Waals surface area (Å²) < 4.78 is 7.03. The molecular weight excluding hydrogens is 226 g/mol. The van der Waals surface area contributed by atoms with Crippen molar-refractivity contribution in [3.63, 3.8) is 0 Å². The average Bonchev–Trinajstić information content (AvgIpc) is 2.70. The van der Waals surface area contributed by atoms with Crippen molar-refractivity contribution in [2.45, 2.75) is 20.4 Å². The van der Waals surface area contributed by atoms with Crippen LogP contribution < -0.4 is 4.74 Å². The smallest absolute Gasteiger partial charge is 0.139 e. The van der Waals surface area contributed by atoms with Gasteiger partial charge in [0.2, 0.25) is 0 Å². The van der Waals surface area contributed by atoms with E-state index in [0.29, 0.717) is 12.2 Å². The second-order valence-electron chi connectivity index (χ2n) is 4.26. The molecule has 0 spiro atoms. The first-order chi connectivity index (χ1) is 8.63. The zero-order valence-electron chi connectivity index (χ0n) is 10.8. The van der Waals surface area contributed by atoms with Crippen LogP contribution in [0.25, 0.3) is 0 Å². The fourth-order valence-corrected chi connectivity index (χ4v) is 1.95. The fourth-order valence-electron chi connectivity index (χ4n) is 1.95. The van der Waals surface area contributed by atoms with Crippen molar-refractivity contribution in [3.05, 3.63) is 46.8 Å². The second-order valence-corrected chi connectivity index (χ2v) is 4.26. The number of benzene rings is 1. The first-order valence-corrected chi connectivity index (χ1v) is 5.72. The van der Waals surface area contributed by atoms with Crippen LogP contribution in [0, 0.1) is 25.2 Å². The van der Waals surface area contributed by atoms with Gasteiger partial charge in [-0.3, -0.25) is 4.68 Å². The van der Waals surface area contributed by atoms with E-state index in [4.69, 9.17) is 10.00 Å². The monoisotopic (exact) mass is 241 g/mol. The zero-order valence-corrected chi connectivity index (χ0v) is 10.8. The van der Waals surface area contributed by atoms with Crippen molar-refractivity contribution in [2.24, 2.45) is 0 Å². The van der Waals surface area contributed by atoms with Crippen LogP contribution in [-0.4, -0.2) is 16.9 Å². The maximum absolute atomic E-state index is 9.05. The summed E-state index contributed by atoms with van der Waals surface area (Å²) >= 11 is 0. The molecule has 1 aromatic carbocycles. The lowest BCUT2D eigenvalue weighted by atomic mass is 10.1. The van der Waals surface area contributed by atoms with E-state index < -0.39 is 0 Å². The van der Waals surface area contributed by atoms with E-state index in [-0.39, 0.29) is 0 Å². The Labute approximate surface area is 106 Å². The molecule has 0 aliphatic carbocycles. The molecule has 0 amide bonds. The Morgan fingerprint density at radius 2 is 2.11 bits per heavy atom. The van der Waals surface area contributed by atoms with Crippen molar-refractivity contribution in [1.29, 1.82) is 5.26 Å². The highest BCUT2D eigenvalue weighted by Crippen LogP contribution is 2.21. The summed E-state index contributed by atoms with van der Waals surface area (Å²) in [5.74, 6) is 0.817.